The molecule has 0 atom stereocenters. The minimum absolute atomic E-state index is 0.105. The second kappa shape index (κ2) is 8.98. The molecule has 0 saturated heterocycles. The number of nitriles is 1. The van der Waals surface area contributed by atoms with Crippen LogP contribution in [0.15, 0.2) is 48.8 Å². The first-order valence-electron chi connectivity index (χ1n) is 9.74. The molecule has 0 aliphatic rings. The van der Waals surface area contributed by atoms with Crippen LogP contribution in [0.25, 0.3) is 0 Å². The first-order chi connectivity index (χ1) is 15.1. The lowest BCUT2D eigenvalue weighted by atomic mass is 9.86. The minimum Gasteiger partial charge on any atom is -0.384 e. The molecule has 3 rings (SSSR count). The van der Waals surface area contributed by atoms with Crippen LogP contribution in [0, 0.1) is 28.4 Å². The molecule has 1 aromatic heterocycles. The second-order valence-corrected chi connectivity index (χ2v) is 7.89. The zero-order valence-electron chi connectivity index (χ0n) is 17.6. The predicted octanol–water partition coefficient (Wildman–Crippen LogP) is 3.22. The molecule has 1 heterocycles. The molecule has 2 aromatic carbocycles. The summed E-state index contributed by atoms with van der Waals surface area (Å²) in [5.41, 5.74) is 6.36. The maximum absolute atomic E-state index is 13.9. The van der Waals surface area contributed by atoms with Gasteiger partial charge in [0.1, 0.15) is 17.5 Å². The molecule has 0 aliphatic heterocycles. The Morgan fingerprint density at radius 2 is 1.84 bits per heavy atom. The van der Waals surface area contributed by atoms with E-state index in [1.165, 1.54) is 6.20 Å². The van der Waals surface area contributed by atoms with Crippen LogP contribution in [0.2, 0.25) is 0 Å². The van der Waals surface area contributed by atoms with Crippen molar-refractivity contribution in [2.45, 2.75) is 32.4 Å². The van der Waals surface area contributed by atoms with Crippen molar-refractivity contribution in [3.05, 3.63) is 88.2 Å². The summed E-state index contributed by atoms with van der Waals surface area (Å²) in [6.45, 7) is 4.03. The molecule has 0 bridgehead atoms. The topological polar surface area (TPSA) is 121 Å². The third-order valence-electron chi connectivity index (χ3n) is 5.02. The number of nitrogen functional groups attached to an aromatic ring is 1. The number of nitrogens with two attached hydrogens (primary N) is 1. The van der Waals surface area contributed by atoms with Crippen LogP contribution in [0.5, 0.6) is 0 Å². The molecule has 4 N–H and O–H groups in total. The molecule has 3 aromatic rings. The first-order valence-corrected chi connectivity index (χ1v) is 9.74. The fourth-order valence-electron chi connectivity index (χ4n) is 3.12. The maximum Gasteiger partial charge on any atom is 0.254 e. The molecule has 7 nitrogen and oxygen atoms in total. The van der Waals surface area contributed by atoms with E-state index in [0.717, 1.165) is 23.3 Å². The number of carbonyl (C=O) groups is 1. The summed E-state index contributed by atoms with van der Waals surface area (Å²) < 4.78 is 29.5. The van der Waals surface area contributed by atoms with Crippen molar-refractivity contribution in [1.82, 2.24) is 15.1 Å². The number of amidine groups is 1. The Morgan fingerprint density at radius 1 is 1.22 bits per heavy atom. The Bertz CT molecular complexity index is 1180. The van der Waals surface area contributed by atoms with E-state index in [9.17, 15) is 18.8 Å². The summed E-state index contributed by atoms with van der Waals surface area (Å²) in [5.74, 6) is -3.07. The second-order valence-electron chi connectivity index (χ2n) is 7.89. The third-order valence-corrected chi connectivity index (χ3v) is 5.02. The number of halogens is 2. The standard InChI is InChI=1S/C23H22F2N6O/c1-23(2,13-26)17-5-3-14(4-6-17)11-31-12-16(10-30-31)22(32)29-9-15-7-18(24)20(21(27)28)19(25)8-15/h3-8,10,12H,9,11H2,1-2H3,(H3,27,28)(H,29,32). The molecule has 0 aliphatic carbocycles. The number of nitrogens with zero attached hydrogens (tertiary/aromatic N) is 3. The SMILES string of the molecule is CC(C)(C#N)c1ccc(Cn2cc(C(=O)NCc3cc(F)c(C(=N)N)c(F)c3)cn2)cc1. The average molecular weight is 436 g/mol. The monoisotopic (exact) mass is 436 g/mol. The molecular formula is C23H22F2N6O. The molecule has 164 valence electrons. The summed E-state index contributed by atoms with van der Waals surface area (Å²) in [5, 5.41) is 23.2. The highest BCUT2D eigenvalue weighted by atomic mass is 19.1. The van der Waals surface area contributed by atoms with E-state index < -0.39 is 34.4 Å². The number of aromatic nitrogens is 2. The number of nitrogens with one attached hydrogen (secondary N) is 2. The summed E-state index contributed by atoms with van der Waals surface area (Å²) >= 11 is 0. The van der Waals surface area contributed by atoms with Gasteiger partial charge in [-0.25, -0.2) is 8.78 Å². The van der Waals surface area contributed by atoms with E-state index in [1.807, 2.05) is 38.1 Å². The fourth-order valence-corrected chi connectivity index (χ4v) is 3.12. The van der Waals surface area contributed by atoms with Gasteiger partial charge in [-0.3, -0.25) is 14.9 Å². The molecule has 32 heavy (non-hydrogen) atoms. The van der Waals surface area contributed by atoms with Crippen LogP contribution in [0.3, 0.4) is 0 Å². The van der Waals surface area contributed by atoms with Gasteiger partial charge in [-0.15, -0.1) is 0 Å². The molecule has 0 fully saturated rings. The van der Waals surface area contributed by atoms with Gasteiger partial charge in [0.15, 0.2) is 0 Å². The van der Waals surface area contributed by atoms with Crippen LogP contribution in [-0.2, 0) is 18.5 Å². The van der Waals surface area contributed by atoms with E-state index in [4.69, 9.17) is 11.1 Å². The summed E-state index contributed by atoms with van der Waals surface area (Å²) in [4.78, 5) is 12.4. The van der Waals surface area contributed by atoms with E-state index in [-0.39, 0.29) is 12.1 Å². The smallest absolute Gasteiger partial charge is 0.254 e. The van der Waals surface area contributed by atoms with Crippen molar-refractivity contribution in [3.63, 3.8) is 0 Å². The zero-order chi connectivity index (χ0) is 23.5. The number of hydrogen-bond acceptors (Lipinski definition) is 4. The van der Waals surface area contributed by atoms with Crippen LogP contribution in [0.1, 0.15) is 46.5 Å². The zero-order valence-corrected chi connectivity index (χ0v) is 17.6. The Hall–Kier alpha value is -4.06. The number of amides is 1. The van der Waals surface area contributed by atoms with Gasteiger partial charge in [0.2, 0.25) is 0 Å². The summed E-state index contributed by atoms with van der Waals surface area (Å²) in [7, 11) is 0. The molecule has 0 spiro atoms. The van der Waals surface area contributed by atoms with Gasteiger partial charge >= 0.3 is 0 Å². The average Bonchev–Trinajstić information content (AvgIpc) is 3.20. The van der Waals surface area contributed by atoms with Crippen LogP contribution in [-0.4, -0.2) is 21.5 Å². The Labute approximate surface area is 184 Å². The van der Waals surface area contributed by atoms with Gasteiger partial charge in [-0.2, -0.15) is 10.4 Å². The van der Waals surface area contributed by atoms with E-state index in [2.05, 4.69) is 16.5 Å². The Morgan fingerprint density at radius 3 is 2.41 bits per heavy atom. The highest BCUT2D eigenvalue weighted by molar-refractivity contribution is 5.95. The van der Waals surface area contributed by atoms with Gasteiger partial charge in [0.25, 0.3) is 5.91 Å². The fraction of sp³-hybridized carbons (Fsp3) is 0.217. The van der Waals surface area contributed by atoms with Crippen LogP contribution in [0.4, 0.5) is 8.78 Å². The number of rotatable bonds is 7. The molecule has 0 saturated carbocycles. The normalized spacial score (nSPS) is 11.1. The summed E-state index contributed by atoms with van der Waals surface area (Å²) in [6.07, 6.45) is 2.98. The molecule has 0 radical (unpaired) electrons. The van der Waals surface area contributed by atoms with Gasteiger partial charge in [-0.1, -0.05) is 24.3 Å². The van der Waals surface area contributed by atoms with E-state index in [1.54, 1.807) is 10.9 Å². The highest BCUT2D eigenvalue weighted by Crippen LogP contribution is 2.22. The lowest BCUT2D eigenvalue weighted by molar-refractivity contribution is 0.0950. The van der Waals surface area contributed by atoms with Crippen LogP contribution < -0.4 is 11.1 Å². The van der Waals surface area contributed by atoms with Gasteiger partial charge in [-0.05, 0) is 42.7 Å². The minimum atomic E-state index is -0.959. The van der Waals surface area contributed by atoms with Crippen molar-refractivity contribution in [2.75, 3.05) is 0 Å². The maximum atomic E-state index is 13.9. The van der Waals surface area contributed by atoms with Crippen molar-refractivity contribution >= 4 is 11.7 Å². The van der Waals surface area contributed by atoms with Crippen molar-refractivity contribution in [3.8, 4) is 6.07 Å². The van der Waals surface area contributed by atoms with Crippen LogP contribution >= 0.6 is 0 Å². The summed E-state index contributed by atoms with van der Waals surface area (Å²) in [6, 6.07) is 11.9. The molecule has 9 heteroatoms. The predicted molar refractivity (Wildman–Crippen MR) is 115 cm³/mol. The van der Waals surface area contributed by atoms with Crippen molar-refractivity contribution in [2.24, 2.45) is 5.73 Å². The molecular weight excluding hydrogens is 414 g/mol. The largest absolute Gasteiger partial charge is 0.384 e. The highest BCUT2D eigenvalue weighted by Gasteiger charge is 2.19. The van der Waals surface area contributed by atoms with E-state index in [0.29, 0.717) is 12.1 Å². The van der Waals surface area contributed by atoms with Gasteiger partial charge in [0.05, 0.1) is 35.4 Å². The molecule has 1 amide bonds. The first kappa shape index (κ1) is 22.6. The lowest BCUT2D eigenvalue weighted by Gasteiger charge is -2.15. The van der Waals surface area contributed by atoms with Gasteiger partial charge in [0, 0.05) is 12.7 Å². The Balaban J connectivity index is 1.63. The van der Waals surface area contributed by atoms with Crippen molar-refractivity contribution in [1.29, 1.82) is 10.7 Å². The number of benzene rings is 2. The number of hydrogen-bond donors (Lipinski definition) is 3. The molecule has 0 unspecified atom stereocenters. The lowest BCUT2D eigenvalue weighted by Crippen LogP contribution is -2.23. The van der Waals surface area contributed by atoms with E-state index >= 15 is 0 Å². The third kappa shape index (κ3) is 4.98. The van der Waals surface area contributed by atoms with Gasteiger partial charge < -0.3 is 11.1 Å². The quantitative estimate of drug-likeness (QED) is 0.389. The van der Waals surface area contributed by atoms with Crippen molar-refractivity contribution < 1.29 is 13.6 Å². The number of carbonyl (C=O) groups excluding carboxylic acids is 1. The Kier molecular flexibility index (Phi) is 6.35.